The first-order valence-electron chi connectivity index (χ1n) is 6.78. The fourth-order valence-electron chi connectivity index (χ4n) is 2.71. The molecule has 0 saturated carbocycles. The first-order valence-corrected chi connectivity index (χ1v) is 6.78. The highest BCUT2D eigenvalue weighted by Crippen LogP contribution is 2.16. The predicted molar refractivity (Wildman–Crippen MR) is 75.7 cm³/mol. The average molecular weight is 243 g/mol. The Morgan fingerprint density at radius 2 is 2.06 bits per heavy atom. The second-order valence-corrected chi connectivity index (χ2v) is 5.33. The van der Waals surface area contributed by atoms with Gasteiger partial charge in [0.05, 0.1) is 0 Å². The molecule has 0 unspecified atom stereocenters. The molecule has 0 amide bonds. The van der Waals surface area contributed by atoms with Crippen LogP contribution in [0.5, 0.6) is 0 Å². The van der Waals surface area contributed by atoms with E-state index in [2.05, 4.69) is 46.1 Å². The summed E-state index contributed by atoms with van der Waals surface area (Å²) in [6, 6.07) is 8.87. The molecule has 96 valence electrons. The van der Waals surface area contributed by atoms with Crippen molar-refractivity contribution in [2.75, 3.05) is 33.2 Å². The molecule has 1 aromatic heterocycles. The molecule has 3 nitrogen and oxygen atoms in total. The van der Waals surface area contributed by atoms with Crippen molar-refractivity contribution in [1.82, 2.24) is 14.8 Å². The summed E-state index contributed by atoms with van der Waals surface area (Å²) in [7, 11) is 2.22. The zero-order valence-electron chi connectivity index (χ0n) is 11.0. The molecule has 1 aromatic carbocycles. The summed E-state index contributed by atoms with van der Waals surface area (Å²) in [6.45, 7) is 5.88. The normalized spacial score (nSPS) is 19.2. The van der Waals surface area contributed by atoms with Gasteiger partial charge < -0.3 is 9.88 Å². The smallest absolute Gasteiger partial charge is 0.0457 e. The molecular formula is C15H21N3. The number of fused-ring (bicyclic) bond motifs is 1. The SMILES string of the molecule is CN1CCCN(Cc2ccc3cc[nH]c3c2)CC1. The van der Waals surface area contributed by atoms with E-state index in [0.717, 1.165) is 6.54 Å². The number of hydrogen-bond donors (Lipinski definition) is 1. The van der Waals surface area contributed by atoms with Gasteiger partial charge in [-0.05, 0) is 49.6 Å². The summed E-state index contributed by atoms with van der Waals surface area (Å²) in [5, 5.41) is 1.30. The molecule has 0 bridgehead atoms. The quantitative estimate of drug-likeness (QED) is 0.874. The van der Waals surface area contributed by atoms with Crippen LogP contribution in [0, 0.1) is 0 Å². The minimum Gasteiger partial charge on any atom is -0.361 e. The minimum absolute atomic E-state index is 1.07. The molecule has 3 heteroatoms. The summed E-state index contributed by atoms with van der Waals surface area (Å²) < 4.78 is 0. The first kappa shape index (κ1) is 11.8. The van der Waals surface area contributed by atoms with Gasteiger partial charge in [-0.15, -0.1) is 0 Å². The van der Waals surface area contributed by atoms with Crippen molar-refractivity contribution in [3.63, 3.8) is 0 Å². The van der Waals surface area contributed by atoms with Crippen LogP contribution in [0.3, 0.4) is 0 Å². The Balaban J connectivity index is 1.71. The lowest BCUT2D eigenvalue weighted by Gasteiger charge is -2.20. The van der Waals surface area contributed by atoms with E-state index in [4.69, 9.17) is 0 Å². The van der Waals surface area contributed by atoms with Gasteiger partial charge in [-0.2, -0.15) is 0 Å². The van der Waals surface area contributed by atoms with Crippen LogP contribution in [-0.2, 0) is 6.54 Å². The molecule has 1 fully saturated rings. The van der Waals surface area contributed by atoms with Crippen molar-refractivity contribution in [1.29, 1.82) is 0 Å². The van der Waals surface area contributed by atoms with E-state index in [-0.39, 0.29) is 0 Å². The van der Waals surface area contributed by atoms with E-state index >= 15 is 0 Å². The molecule has 2 aromatic rings. The number of nitrogens with one attached hydrogen (secondary N) is 1. The third-order valence-corrected chi connectivity index (χ3v) is 3.84. The number of nitrogens with zero attached hydrogens (tertiary/aromatic N) is 2. The Morgan fingerprint density at radius 3 is 3.00 bits per heavy atom. The van der Waals surface area contributed by atoms with Gasteiger partial charge in [0.1, 0.15) is 0 Å². The van der Waals surface area contributed by atoms with Crippen LogP contribution in [0.25, 0.3) is 10.9 Å². The van der Waals surface area contributed by atoms with Crippen LogP contribution in [-0.4, -0.2) is 48.0 Å². The predicted octanol–water partition coefficient (Wildman–Crippen LogP) is 2.31. The lowest BCUT2D eigenvalue weighted by atomic mass is 10.1. The molecule has 1 aliphatic heterocycles. The van der Waals surface area contributed by atoms with Gasteiger partial charge in [0.25, 0.3) is 0 Å². The Bertz CT molecular complexity index is 517. The number of rotatable bonds is 2. The second kappa shape index (κ2) is 5.12. The molecule has 18 heavy (non-hydrogen) atoms. The molecule has 0 aliphatic carbocycles. The molecule has 1 N–H and O–H groups in total. The number of benzene rings is 1. The number of aromatic nitrogens is 1. The van der Waals surface area contributed by atoms with Gasteiger partial charge in [0.15, 0.2) is 0 Å². The Hall–Kier alpha value is -1.32. The third kappa shape index (κ3) is 2.57. The monoisotopic (exact) mass is 243 g/mol. The summed E-state index contributed by atoms with van der Waals surface area (Å²) in [5.74, 6) is 0. The molecule has 1 saturated heterocycles. The standard InChI is InChI=1S/C15H21N3/c1-17-7-2-8-18(10-9-17)12-13-3-4-14-5-6-16-15(14)11-13/h3-6,11,16H,2,7-10,12H2,1H3. The highest BCUT2D eigenvalue weighted by Gasteiger charge is 2.12. The summed E-state index contributed by atoms with van der Waals surface area (Å²) in [4.78, 5) is 8.28. The highest BCUT2D eigenvalue weighted by molar-refractivity contribution is 5.79. The van der Waals surface area contributed by atoms with Crippen LogP contribution in [0.15, 0.2) is 30.5 Å². The molecule has 0 atom stereocenters. The zero-order valence-corrected chi connectivity index (χ0v) is 11.0. The molecular weight excluding hydrogens is 222 g/mol. The van der Waals surface area contributed by atoms with Crippen LogP contribution >= 0.6 is 0 Å². The van der Waals surface area contributed by atoms with Gasteiger partial charge >= 0.3 is 0 Å². The molecule has 2 heterocycles. The van der Waals surface area contributed by atoms with E-state index in [9.17, 15) is 0 Å². The lowest BCUT2D eigenvalue weighted by Crippen LogP contribution is -2.28. The van der Waals surface area contributed by atoms with Crippen molar-refractivity contribution in [3.05, 3.63) is 36.0 Å². The summed E-state index contributed by atoms with van der Waals surface area (Å²) in [6.07, 6.45) is 3.29. The number of H-pyrrole nitrogens is 1. The maximum atomic E-state index is 3.29. The highest BCUT2D eigenvalue weighted by atomic mass is 15.2. The van der Waals surface area contributed by atoms with E-state index in [1.165, 1.54) is 49.1 Å². The first-order chi connectivity index (χ1) is 8.81. The largest absolute Gasteiger partial charge is 0.361 e. The molecule has 3 rings (SSSR count). The Morgan fingerprint density at radius 1 is 1.11 bits per heavy atom. The van der Waals surface area contributed by atoms with Gasteiger partial charge in [-0.3, -0.25) is 4.90 Å². The van der Waals surface area contributed by atoms with Crippen LogP contribution in [0.2, 0.25) is 0 Å². The van der Waals surface area contributed by atoms with Crippen molar-refractivity contribution in [3.8, 4) is 0 Å². The maximum Gasteiger partial charge on any atom is 0.0457 e. The third-order valence-electron chi connectivity index (χ3n) is 3.84. The number of aromatic amines is 1. The van der Waals surface area contributed by atoms with Crippen LogP contribution in [0.1, 0.15) is 12.0 Å². The van der Waals surface area contributed by atoms with E-state index in [1.807, 2.05) is 6.20 Å². The summed E-state index contributed by atoms with van der Waals surface area (Å²) in [5.41, 5.74) is 2.66. The molecule has 0 spiro atoms. The second-order valence-electron chi connectivity index (χ2n) is 5.33. The van der Waals surface area contributed by atoms with Crippen molar-refractivity contribution in [2.24, 2.45) is 0 Å². The summed E-state index contributed by atoms with van der Waals surface area (Å²) >= 11 is 0. The fourth-order valence-corrected chi connectivity index (χ4v) is 2.71. The van der Waals surface area contributed by atoms with E-state index in [1.54, 1.807) is 0 Å². The fraction of sp³-hybridized carbons (Fsp3) is 0.467. The maximum absolute atomic E-state index is 3.29. The van der Waals surface area contributed by atoms with Gasteiger partial charge in [-0.25, -0.2) is 0 Å². The Labute approximate surface area is 108 Å². The van der Waals surface area contributed by atoms with Crippen LogP contribution < -0.4 is 0 Å². The van der Waals surface area contributed by atoms with Gasteiger partial charge in [0, 0.05) is 31.3 Å². The average Bonchev–Trinajstić information content (AvgIpc) is 2.74. The number of likely N-dealkylation sites (N-methyl/N-ethyl adjacent to an activating group) is 1. The van der Waals surface area contributed by atoms with Crippen molar-refractivity contribution >= 4 is 10.9 Å². The zero-order chi connectivity index (χ0) is 12.4. The topological polar surface area (TPSA) is 22.3 Å². The lowest BCUT2D eigenvalue weighted by molar-refractivity contribution is 0.269. The van der Waals surface area contributed by atoms with Gasteiger partial charge in [0.2, 0.25) is 0 Å². The van der Waals surface area contributed by atoms with E-state index < -0.39 is 0 Å². The minimum atomic E-state index is 1.07. The Kier molecular flexibility index (Phi) is 3.35. The molecule has 1 aliphatic rings. The van der Waals surface area contributed by atoms with Crippen LogP contribution in [0.4, 0.5) is 0 Å². The van der Waals surface area contributed by atoms with Crippen molar-refractivity contribution in [2.45, 2.75) is 13.0 Å². The van der Waals surface area contributed by atoms with Crippen molar-refractivity contribution < 1.29 is 0 Å². The number of hydrogen-bond acceptors (Lipinski definition) is 2. The molecule has 0 radical (unpaired) electrons. The van der Waals surface area contributed by atoms with Gasteiger partial charge in [-0.1, -0.05) is 12.1 Å². The van der Waals surface area contributed by atoms with E-state index in [0.29, 0.717) is 0 Å².